The first-order valence-electron chi connectivity index (χ1n) is 9.28. The average Bonchev–Trinajstić information content (AvgIpc) is 2.64. The highest BCUT2D eigenvalue weighted by Crippen LogP contribution is 2.22. The summed E-state index contributed by atoms with van der Waals surface area (Å²) in [7, 11) is -3.78. The molecular formula is C21H28N2O3S. The first-order valence-corrected chi connectivity index (χ1v) is 10.8. The number of carbonyl (C=O) groups is 1. The number of nitrogens with zero attached hydrogens (tertiary/aromatic N) is 1. The second kappa shape index (κ2) is 9.04. The smallest absolute Gasteiger partial charge is 0.261 e. The predicted molar refractivity (Wildman–Crippen MR) is 110 cm³/mol. The number of para-hydroxylation sites is 1. The summed E-state index contributed by atoms with van der Waals surface area (Å²) >= 11 is 0. The van der Waals surface area contributed by atoms with Gasteiger partial charge in [-0.2, -0.15) is 0 Å². The number of sulfonamides is 1. The molecule has 146 valence electrons. The van der Waals surface area contributed by atoms with E-state index >= 15 is 0 Å². The molecule has 2 aromatic rings. The van der Waals surface area contributed by atoms with E-state index in [0.717, 1.165) is 24.0 Å². The van der Waals surface area contributed by atoms with E-state index in [9.17, 15) is 13.2 Å². The molecule has 27 heavy (non-hydrogen) atoms. The normalized spacial score (nSPS) is 11.3. The van der Waals surface area contributed by atoms with Gasteiger partial charge in [-0.15, -0.1) is 0 Å². The van der Waals surface area contributed by atoms with E-state index in [1.165, 1.54) is 12.1 Å². The molecule has 0 unspecified atom stereocenters. The third kappa shape index (κ3) is 5.10. The van der Waals surface area contributed by atoms with Gasteiger partial charge in [0.1, 0.15) is 0 Å². The molecule has 0 aromatic heterocycles. The zero-order valence-corrected chi connectivity index (χ0v) is 17.3. The third-order valence-electron chi connectivity index (χ3n) is 4.59. The van der Waals surface area contributed by atoms with Crippen molar-refractivity contribution in [2.24, 2.45) is 0 Å². The quantitative estimate of drug-likeness (QED) is 0.730. The Bertz CT molecular complexity index is 907. The largest absolute Gasteiger partial charge is 0.339 e. The van der Waals surface area contributed by atoms with Crippen LogP contribution in [0.2, 0.25) is 0 Å². The lowest BCUT2D eigenvalue weighted by molar-refractivity contribution is 0.0761. The first kappa shape index (κ1) is 21.0. The number of aryl methyl sites for hydroxylation is 2. The minimum absolute atomic E-state index is 0.0891. The van der Waals surface area contributed by atoms with Crippen molar-refractivity contribution in [1.29, 1.82) is 0 Å². The Kier molecular flexibility index (Phi) is 7.02. The number of hydrogen-bond donors (Lipinski definition) is 1. The Morgan fingerprint density at radius 3 is 2.37 bits per heavy atom. The first-order chi connectivity index (χ1) is 12.8. The van der Waals surface area contributed by atoms with Crippen LogP contribution in [0.3, 0.4) is 0 Å². The fourth-order valence-electron chi connectivity index (χ4n) is 2.81. The highest BCUT2D eigenvalue weighted by molar-refractivity contribution is 7.92. The summed E-state index contributed by atoms with van der Waals surface area (Å²) in [5.74, 6) is -0.128. The van der Waals surface area contributed by atoms with Gasteiger partial charge >= 0.3 is 0 Å². The van der Waals surface area contributed by atoms with Gasteiger partial charge in [0.2, 0.25) is 0 Å². The summed E-state index contributed by atoms with van der Waals surface area (Å²) in [6.45, 7) is 8.94. The van der Waals surface area contributed by atoms with Crippen LogP contribution in [-0.4, -0.2) is 32.3 Å². The molecule has 2 rings (SSSR count). The molecule has 1 amide bonds. The summed E-state index contributed by atoms with van der Waals surface area (Å²) in [6, 6.07) is 11.9. The van der Waals surface area contributed by atoms with E-state index in [1.54, 1.807) is 23.1 Å². The molecule has 1 N–H and O–H groups in total. The van der Waals surface area contributed by atoms with E-state index in [2.05, 4.69) is 11.6 Å². The molecular weight excluding hydrogens is 360 g/mol. The van der Waals surface area contributed by atoms with Crippen molar-refractivity contribution in [1.82, 2.24) is 4.90 Å². The average molecular weight is 389 g/mol. The van der Waals surface area contributed by atoms with Gasteiger partial charge in [-0.05, 0) is 56.5 Å². The van der Waals surface area contributed by atoms with Crippen LogP contribution >= 0.6 is 0 Å². The number of nitrogens with one attached hydrogen (secondary N) is 1. The van der Waals surface area contributed by atoms with Crippen molar-refractivity contribution in [3.63, 3.8) is 0 Å². The SMILES string of the molecule is CCCCN(CC)C(=O)c1cc(S(=O)(=O)Nc2ccccc2C)ccc1C. The highest BCUT2D eigenvalue weighted by Gasteiger charge is 2.21. The Morgan fingerprint density at radius 1 is 1.04 bits per heavy atom. The van der Waals surface area contributed by atoms with E-state index in [0.29, 0.717) is 24.3 Å². The number of carbonyl (C=O) groups excluding carboxylic acids is 1. The van der Waals surface area contributed by atoms with Gasteiger partial charge in [0.15, 0.2) is 0 Å². The van der Waals surface area contributed by atoms with Gasteiger partial charge in [0.25, 0.3) is 15.9 Å². The number of unbranched alkanes of at least 4 members (excludes halogenated alkanes) is 1. The van der Waals surface area contributed by atoms with Gasteiger partial charge in [0.05, 0.1) is 10.6 Å². The molecule has 5 nitrogen and oxygen atoms in total. The Labute approximate surface area is 162 Å². The third-order valence-corrected chi connectivity index (χ3v) is 5.95. The number of rotatable bonds is 8. The minimum atomic E-state index is -3.78. The number of hydrogen-bond acceptors (Lipinski definition) is 3. The van der Waals surface area contributed by atoms with Crippen molar-refractivity contribution < 1.29 is 13.2 Å². The van der Waals surface area contributed by atoms with Crippen molar-refractivity contribution in [3.8, 4) is 0 Å². The van der Waals surface area contributed by atoms with Crippen LogP contribution < -0.4 is 4.72 Å². The van der Waals surface area contributed by atoms with Gasteiger partial charge in [-0.25, -0.2) is 8.42 Å². The van der Waals surface area contributed by atoms with Crippen molar-refractivity contribution in [3.05, 3.63) is 59.2 Å². The predicted octanol–water partition coefficient (Wildman–Crippen LogP) is 4.37. The van der Waals surface area contributed by atoms with Crippen molar-refractivity contribution >= 4 is 21.6 Å². The summed E-state index contributed by atoms with van der Waals surface area (Å²) < 4.78 is 28.2. The lowest BCUT2D eigenvalue weighted by Crippen LogP contribution is -2.32. The van der Waals surface area contributed by atoms with E-state index in [-0.39, 0.29) is 10.8 Å². The summed E-state index contributed by atoms with van der Waals surface area (Å²) in [5, 5.41) is 0. The summed E-state index contributed by atoms with van der Waals surface area (Å²) in [6.07, 6.45) is 1.92. The molecule has 0 saturated carbocycles. The maximum atomic E-state index is 12.9. The van der Waals surface area contributed by atoms with Crippen LogP contribution in [0.15, 0.2) is 47.4 Å². The van der Waals surface area contributed by atoms with Crippen LogP contribution in [0, 0.1) is 13.8 Å². The molecule has 0 aliphatic carbocycles. The van der Waals surface area contributed by atoms with E-state index in [1.807, 2.05) is 32.9 Å². The fraction of sp³-hybridized carbons (Fsp3) is 0.381. The minimum Gasteiger partial charge on any atom is -0.339 e. The van der Waals surface area contributed by atoms with Crippen LogP contribution in [-0.2, 0) is 10.0 Å². The molecule has 0 radical (unpaired) electrons. The molecule has 0 spiro atoms. The molecule has 0 atom stereocenters. The molecule has 0 fully saturated rings. The van der Waals surface area contributed by atoms with Crippen LogP contribution in [0.4, 0.5) is 5.69 Å². The zero-order chi connectivity index (χ0) is 20.0. The maximum absolute atomic E-state index is 12.9. The molecule has 0 aliphatic heterocycles. The number of benzene rings is 2. The van der Waals surface area contributed by atoms with Crippen LogP contribution in [0.1, 0.15) is 48.2 Å². The maximum Gasteiger partial charge on any atom is 0.261 e. The monoisotopic (exact) mass is 388 g/mol. The van der Waals surface area contributed by atoms with Gasteiger partial charge in [0, 0.05) is 18.7 Å². The van der Waals surface area contributed by atoms with Crippen LogP contribution in [0.25, 0.3) is 0 Å². The van der Waals surface area contributed by atoms with Gasteiger partial charge in [-0.1, -0.05) is 37.6 Å². The Balaban J connectivity index is 2.35. The molecule has 0 saturated heterocycles. The highest BCUT2D eigenvalue weighted by atomic mass is 32.2. The lowest BCUT2D eigenvalue weighted by atomic mass is 10.1. The van der Waals surface area contributed by atoms with E-state index in [4.69, 9.17) is 0 Å². The Hall–Kier alpha value is -2.34. The van der Waals surface area contributed by atoms with Gasteiger partial charge in [-0.3, -0.25) is 9.52 Å². The molecule has 0 heterocycles. The number of amides is 1. The molecule has 6 heteroatoms. The lowest BCUT2D eigenvalue weighted by Gasteiger charge is -2.22. The molecule has 0 aliphatic rings. The zero-order valence-electron chi connectivity index (χ0n) is 16.5. The topological polar surface area (TPSA) is 66.5 Å². The van der Waals surface area contributed by atoms with Crippen molar-refractivity contribution in [2.75, 3.05) is 17.8 Å². The summed E-state index contributed by atoms with van der Waals surface area (Å²) in [5.41, 5.74) is 2.57. The second-order valence-corrected chi connectivity index (χ2v) is 8.32. The number of anilines is 1. The van der Waals surface area contributed by atoms with E-state index < -0.39 is 10.0 Å². The van der Waals surface area contributed by atoms with Crippen LogP contribution in [0.5, 0.6) is 0 Å². The second-order valence-electron chi connectivity index (χ2n) is 6.64. The molecule has 2 aromatic carbocycles. The van der Waals surface area contributed by atoms with Gasteiger partial charge < -0.3 is 4.90 Å². The standard InChI is InChI=1S/C21H28N2O3S/c1-5-7-14-23(6-2)21(24)19-15-18(13-12-16(19)3)27(25,26)22-20-11-9-8-10-17(20)4/h8-13,15,22H,5-7,14H2,1-4H3. The summed E-state index contributed by atoms with van der Waals surface area (Å²) in [4.78, 5) is 14.8. The molecule has 0 bridgehead atoms. The Morgan fingerprint density at radius 2 is 1.74 bits per heavy atom. The fourth-order valence-corrected chi connectivity index (χ4v) is 3.97. The van der Waals surface area contributed by atoms with Crippen molar-refractivity contribution in [2.45, 2.75) is 45.4 Å².